The van der Waals surface area contributed by atoms with Crippen LogP contribution in [0.5, 0.6) is 0 Å². The number of aromatic nitrogens is 2. The molecule has 1 aliphatic rings. The molecule has 2 heterocycles. The molecular weight excluding hydrogens is 401 g/mol. The summed E-state index contributed by atoms with van der Waals surface area (Å²) >= 11 is 0. The molecule has 0 atom stereocenters. The Labute approximate surface area is 174 Å². The van der Waals surface area contributed by atoms with Crippen molar-refractivity contribution >= 4 is 47.7 Å². The van der Waals surface area contributed by atoms with Crippen LogP contribution in [0.4, 0.5) is 0 Å². The zero-order valence-corrected chi connectivity index (χ0v) is 16.6. The van der Waals surface area contributed by atoms with E-state index < -0.39 is 5.91 Å². The summed E-state index contributed by atoms with van der Waals surface area (Å²) in [6.07, 6.45) is 0. The van der Waals surface area contributed by atoms with Gasteiger partial charge in [-0.2, -0.15) is 0 Å². The normalized spacial score (nSPS) is 13.5. The number of benzene rings is 2. The molecule has 1 fully saturated rings. The van der Waals surface area contributed by atoms with E-state index in [9.17, 15) is 9.59 Å². The first-order chi connectivity index (χ1) is 12.6. The summed E-state index contributed by atoms with van der Waals surface area (Å²) in [4.78, 5) is 33.6. The number of para-hydroxylation sites is 1. The quantitative estimate of drug-likeness (QED) is 0.602. The number of nitrogens with one attached hydrogen (secondary N) is 2. The van der Waals surface area contributed by atoms with Crippen LogP contribution in [-0.2, 0) is 0 Å². The standard InChI is InChI=1S/C19H19N5O2.2ClH/c20-17(25)14-2-1-3-15-16(14)23-18(22-15)12-4-6-13(7-5-12)19(26)24-10-8-21-9-11-24;;/h1-7,21H,8-11H2,(H2,20,25)(H,22,23);2*1H. The van der Waals surface area contributed by atoms with E-state index in [1.807, 2.05) is 35.2 Å². The first-order valence-electron chi connectivity index (χ1n) is 8.52. The minimum atomic E-state index is -0.509. The molecule has 0 bridgehead atoms. The highest BCUT2D eigenvalue weighted by Crippen LogP contribution is 2.23. The molecule has 4 N–H and O–H groups in total. The SMILES string of the molecule is Cl.Cl.NC(=O)c1cccc2[nH]c(-c3ccc(C(=O)N4CCNCC4)cc3)nc12. The molecule has 9 heteroatoms. The number of fused-ring (bicyclic) bond motifs is 1. The van der Waals surface area contributed by atoms with Gasteiger partial charge >= 0.3 is 0 Å². The van der Waals surface area contributed by atoms with Gasteiger partial charge in [-0.1, -0.05) is 18.2 Å². The van der Waals surface area contributed by atoms with Crippen LogP contribution < -0.4 is 11.1 Å². The summed E-state index contributed by atoms with van der Waals surface area (Å²) in [6.45, 7) is 3.09. The summed E-state index contributed by atoms with van der Waals surface area (Å²) in [5.74, 6) is 0.166. The Morgan fingerprint density at radius 1 is 1.00 bits per heavy atom. The number of nitrogens with two attached hydrogens (primary N) is 1. The maximum Gasteiger partial charge on any atom is 0.253 e. The summed E-state index contributed by atoms with van der Waals surface area (Å²) in [5.41, 5.74) is 8.59. The molecule has 148 valence electrons. The van der Waals surface area contributed by atoms with E-state index in [1.165, 1.54) is 0 Å². The number of carbonyl (C=O) groups excluding carboxylic acids is 2. The minimum Gasteiger partial charge on any atom is -0.366 e. The predicted molar refractivity (Wildman–Crippen MR) is 113 cm³/mol. The van der Waals surface area contributed by atoms with E-state index in [0.29, 0.717) is 22.5 Å². The number of piperazine rings is 1. The Bertz CT molecular complexity index is 982. The molecular formula is C19H21Cl2N5O2. The number of rotatable bonds is 3. The van der Waals surface area contributed by atoms with E-state index in [-0.39, 0.29) is 30.7 Å². The summed E-state index contributed by atoms with van der Waals surface area (Å²) in [5, 5.41) is 3.24. The number of imidazole rings is 1. The number of nitrogens with zero attached hydrogens (tertiary/aromatic N) is 2. The molecule has 1 saturated heterocycles. The van der Waals surface area contributed by atoms with Crippen LogP contribution in [0.2, 0.25) is 0 Å². The zero-order valence-electron chi connectivity index (χ0n) is 15.0. The lowest BCUT2D eigenvalue weighted by Gasteiger charge is -2.27. The van der Waals surface area contributed by atoms with Gasteiger partial charge in [0.25, 0.3) is 11.8 Å². The smallest absolute Gasteiger partial charge is 0.253 e. The van der Waals surface area contributed by atoms with Crippen LogP contribution in [0.1, 0.15) is 20.7 Å². The Hall–Kier alpha value is -2.61. The molecule has 2 amide bonds. The second kappa shape index (κ2) is 9.05. The lowest BCUT2D eigenvalue weighted by atomic mass is 10.1. The number of carbonyl (C=O) groups is 2. The Morgan fingerprint density at radius 2 is 1.68 bits per heavy atom. The zero-order chi connectivity index (χ0) is 18.1. The minimum absolute atomic E-state index is 0. The Morgan fingerprint density at radius 3 is 2.32 bits per heavy atom. The number of hydrogen-bond acceptors (Lipinski definition) is 4. The molecule has 3 aromatic rings. The first kappa shape index (κ1) is 21.7. The van der Waals surface area contributed by atoms with Crippen LogP contribution in [-0.4, -0.2) is 52.9 Å². The van der Waals surface area contributed by atoms with Crippen molar-refractivity contribution < 1.29 is 9.59 Å². The molecule has 0 radical (unpaired) electrons. The van der Waals surface area contributed by atoms with Gasteiger partial charge in [0.1, 0.15) is 11.3 Å². The summed E-state index contributed by atoms with van der Waals surface area (Å²) in [6, 6.07) is 12.6. The largest absolute Gasteiger partial charge is 0.366 e. The van der Waals surface area contributed by atoms with Crippen molar-refractivity contribution in [3.8, 4) is 11.4 Å². The third-order valence-corrected chi connectivity index (χ3v) is 4.59. The van der Waals surface area contributed by atoms with Crippen LogP contribution in [0.25, 0.3) is 22.4 Å². The highest BCUT2D eigenvalue weighted by atomic mass is 35.5. The molecule has 7 nitrogen and oxygen atoms in total. The molecule has 0 unspecified atom stereocenters. The molecule has 0 aliphatic carbocycles. The molecule has 1 aromatic heterocycles. The highest BCUT2D eigenvalue weighted by molar-refractivity contribution is 6.04. The maximum absolute atomic E-state index is 12.5. The Balaban J connectivity index is 0.00000140. The second-order valence-electron chi connectivity index (χ2n) is 6.27. The fourth-order valence-electron chi connectivity index (χ4n) is 3.19. The van der Waals surface area contributed by atoms with Gasteiger partial charge in [-0.25, -0.2) is 4.98 Å². The lowest BCUT2D eigenvalue weighted by molar-refractivity contribution is 0.0735. The third kappa shape index (κ3) is 4.11. The van der Waals surface area contributed by atoms with Gasteiger partial charge < -0.3 is 20.9 Å². The van der Waals surface area contributed by atoms with E-state index in [1.54, 1.807) is 12.1 Å². The fraction of sp³-hybridized carbons (Fsp3) is 0.211. The highest BCUT2D eigenvalue weighted by Gasteiger charge is 2.18. The van der Waals surface area contributed by atoms with Gasteiger partial charge in [-0.05, 0) is 24.3 Å². The molecule has 2 aromatic carbocycles. The van der Waals surface area contributed by atoms with Crippen molar-refractivity contribution in [2.24, 2.45) is 5.73 Å². The van der Waals surface area contributed by atoms with Crippen LogP contribution in [0, 0.1) is 0 Å². The van der Waals surface area contributed by atoms with Crippen molar-refractivity contribution in [2.45, 2.75) is 0 Å². The topological polar surface area (TPSA) is 104 Å². The van der Waals surface area contributed by atoms with Crippen molar-refractivity contribution in [3.63, 3.8) is 0 Å². The Kier molecular flexibility index (Phi) is 7.01. The molecule has 0 spiro atoms. The van der Waals surface area contributed by atoms with Crippen molar-refractivity contribution in [1.82, 2.24) is 20.2 Å². The number of H-pyrrole nitrogens is 1. The van der Waals surface area contributed by atoms with Crippen molar-refractivity contribution in [1.29, 1.82) is 0 Å². The predicted octanol–water partition coefficient (Wildman–Crippen LogP) is 2.22. The van der Waals surface area contributed by atoms with Gasteiger partial charge in [0.05, 0.1) is 11.1 Å². The number of halogens is 2. The van der Waals surface area contributed by atoms with E-state index in [2.05, 4.69) is 15.3 Å². The summed E-state index contributed by atoms with van der Waals surface area (Å²) in [7, 11) is 0. The van der Waals surface area contributed by atoms with Gasteiger partial charge in [0.15, 0.2) is 0 Å². The van der Waals surface area contributed by atoms with Crippen molar-refractivity contribution in [2.75, 3.05) is 26.2 Å². The average Bonchev–Trinajstić information content (AvgIpc) is 3.12. The number of primary amides is 1. The van der Waals surface area contributed by atoms with Gasteiger partial charge in [0.2, 0.25) is 0 Å². The van der Waals surface area contributed by atoms with E-state index in [0.717, 1.165) is 37.3 Å². The van der Waals surface area contributed by atoms with Crippen LogP contribution >= 0.6 is 24.8 Å². The lowest BCUT2D eigenvalue weighted by Crippen LogP contribution is -2.46. The van der Waals surface area contributed by atoms with Crippen molar-refractivity contribution in [3.05, 3.63) is 53.6 Å². The first-order valence-corrected chi connectivity index (χ1v) is 8.52. The number of aromatic amines is 1. The van der Waals surface area contributed by atoms with Crippen LogP contribution in [0.15, 0.2) is 42.5 Å². The number of amides is 2. The molecule has 28 heavy (non-hydrogen) atoms. The fourth-order valence-corrected chi connectivity index (χ4v) is 3.19. The maximum atomic E-state index is 12.5. The average molecular weight is 422 g/mol. The monoisotopic (exact) mass is 421 g/mol. The molecule has 0 saturated carbocycles. The molecule has 1 aliphatic heterocycles. The summed E-state index contributed by atoms with van der Waals surface area (Å²) < 4.78 is 0. The van der Waals surface area contributed by atoms with Gasteiger partial charge in [-0.15, -0.1) is 24.8 Å². The number of hydrogen-bond donors (Lipinski definition) is 3. The van der Waals surface area contributed by atoms with Gasteiger partial charge in [0, 0.05) is 37.3 Å². The van der Waals surface area contributed by atoms with Gasteiger partial charge in [-0.3, -0.25) is 9.59 Å². The molecule has 4 rings (SSSR count). The third-order valence-electron chi connectivity index (χ3n) is 4.59. The van der Waals surface area contributed by atoms with E-state index in [4.69, 9.17) is 5.73 Å². The van der Waals surface area contributed by atoms with Crippen LogP contribution in [0.3, 0.4) is 0 Å². The second-order valence-corrected chi connectivity index (χ2v) is 6.27. The van der Waals surface area contributed by atoms with E-state index >= 15 is 0 Å².